The molecule has 2 saturated heterocycles. The van der Waals surface area contributed by atoms with Crippen LogP contribution in [0.1, 0.15) is 24.8 Å². The Morgan fingerprint density at radius 1 is 1.21 bits per heavy atom. The van der Waals surface area contributed by atoms with E-state index in [-0.39, 0.29) is 24.0 Å². The summed E-state index contributed by atoms with van der Waals surface area (Å²) in [5.74, 6) is -0.348. The zero-order valence-corrected chi connectivity index (χ0v) is 11.6. The number of phenols is 1. The van der Waals surface area contributed by atoms with Crippen molar-refractivity contribution in [1.29, 1.82) is 0 Å². The van der Waals surface area contributed by atoms with Crippen LogP contribution in [-0.4, -0.2) is 35.2 Å². The second-order valence-electron chi connectivity index (χ2n) is 5.48. The van der Waals surface area contributed by atoms with Crippen molar-refractivity contribution in [2.75, 3.05) is 13.1 Å². The smallest absolute Gasteiger partial charge is 0.127 e. The maximum Gasteiger partial charge on any atom is 0.127 e. The molecule has 3 rings (SSSR count). The number of nitrogens with zero attached hydrogens (tertiary/aromatic N) is 1. The number of halogens is 2. The average Bonchev–Trinajstić information content (AvgIpc) is 2.61. The van der Waals surface area contributed by atoms with Crippen LogP contribution in [0.15, 0.2) is 18.2 Å². The number of benzene rings is 1. The van der Waals surface area contributed by atoms with E-state index in [0.717, 1.165) is 37.7 Å². The van der Waals surface area contributed by atoms with E-state index in [2.05, 4.69) is 10.2 Å². The largest absolute Gasteiger partial charge is 0.508 e. The molecule has 2 aliphatic heterocycles. The Hall–Kier alpha value is -0.840. The third-order valence-electron chi connectivity index (χ3n) is 3.96. The van der Waals surface area contributed by atoms with Crippen molar-refractivity contribution in [2.45, 2.75) is 37.9 Å². The Labute approximate surface area is 119 Å². The second-order valence-corrected chi connectivity index (χ2v) is 5.48. The molecule has 2 heterocycles. The molecular formula is C14H20ClFN2O. The first kappa shape index (κ1) is 14.6. The first-order chi connectivity index (χ1) is 8.69. The normalized spacial score (nSPS) is 26.8. The minimum Gasteiger partial charge on any atom is -0.508 e. The molecule has 2 bridgehead atoms. The van der Waals surface area contributed by atoms with E-state index in [0.29, 0.717) is 12.1 Å². The molecule has 3 nitrogen and oxygen atoms in total. The van der Waals surface area contributed by atoms with Crippen LogP contribution >= 0.6 is 12.4 Å². The molecule has 2 N–H and O–H groups in total. The first-order valence-corrected chi connectivity index (χ1v) is 6.66. The summed E-state index contributed by atoms with van der Waals surface area (Å²) in [7, 11) is 0. The van der Waals surface area contributed by atoms with Crippen LogP contribution in [-0.2, 0) is 6.54 Å². The lowest BCUT2D eigenvalue weighted by Gasteiger charge is -2.24. The van der Waals surface area contributed by atoms with E-state index in [1.54, 1.807) is 6.07 Å². The molecule has 0 aromatic heterocycles. The fourth-order valence-electron chi connectivity index (χ4n) is 3.14. The summed E-state index contributed by atoms with van der Waals surface area (Å²) >= 11 is 0. The molecule has 2 atom stereocenters. The lowest BCUT2D eigenvalue weighted by atomic mass is 10.1. The zero-order valence-electron chi connectivity index (χ0n) is 10.8. The summed E-state index contributed by atoms with van der Waals surface area (Å²) in [4.78, 5) is 2.35. The topological polar surface area (TPSA) is 35.5 Å². The number of aromatic hydroxyl groups is 1. The summed E-state index contributed by atoms with van der Waals surface area (Å²) in [6.07, 6.45) is 3.70. The molecule has 1 aromatic rings. The number of nitrogens with one attached hydrogen (secondary N) is 1. The van der Waals surface area contributed by atoms with Gasteiger partial charge in [-0.05, 0) is 37.0 Å². The van der Waals surface area contributed by atoms with Crippen LogP contribution in [0, 0.1) is 5.82 Å². The molecule has 0 radical (unpaired) electrons. The summed E-state index contributed by atoms with van der Waals surface area (Å²) in [6, 6.07) is 5.56. The Morgan fingerprint density at radius 3 is 2.79 bits per heavy atom. The minimum absolute atomic E-state index is 0. The van der Waals surface area contributed by atoms with Gasteiger partial charge < -0.3 is 10.4 Å². The van der Waals surface area contributed by atoms with E-state index < -0.39 is 0 Å². The molecule has 2 fully saturated rings. The number of hydrogen-bond donors (Lipinski definition) is 2. The van der Waals surface area contributed by atoms with Gasteiger partial charge in [0.1, 0.15) is 11.6 Å². The van der Waals surface area contributed by atoms with Gasteiger partial charge in [-0.2, -0.15) is 0 Å². The van der Waals surface area contributed by atoms with Crippen LogP contribution in [0.25, 0.3) is 0 Å². The number of hydrogen-bond acceptors (Lipinski definition) is 3. The second kappa shape index (κ2) is 6.07. The molecule has 0 amide bonds. The minimum atomic E-state index is -0.362. The third kappa shape index (κ3) is 3.59. The molecule has 0 aliphatic carbocycles. The summed E-state index contributed by atoms with van der Waals surface area (Å²) in [6.45, 7) is 2.79. The van der Waals surface area contributed by atoms with Crippen molar-refractivity contribution >= 4 is 12.4 Å². The maximum atomic E-state index is 13.2. The van der Waals surface area contributed by atoms with Crippen LogP contribution in [0.2, 0.25) is 0 Å². The summed E-state index contributed by atoms with van der Waals surface area (Å²) in [5.41, 5.74) is 0.852. The van der Waals surface area contributed by atoms with Gasteiger partial charge in [0.2, 0.25) is 0 Å². The molecule has 0 saturated carbocycles. The molecule has 5 heteroatoms. The van der Waals surface area contributed by atoms with Gasteiger partial charge in [-0.3, -0.25) is 4.90 Å². The molecule has 2 unspecified atom stereocenters. The van der Waals surface area contributed by atoms with Gasteiger partial charge in [-0.1, -0.05) is 0 Å². The van der Waals surface area contributed by atoms with Crippen LogP contribution in [0.3, 0.4) is 0 Å². The Morgan fingerprint density at radius 2 is 2.00 bits per heavy atom. The van der Waals surface area contributed by atoms with E-state index in [4.69, 9.17) is 0 Å². The predicted molar refractivity (Wildman–Crippen MR) is 75.2 cm³/mol. The van der Waals surface area contributed by atoms with Gasteiger partial charge in [0.15, 0.2) is 0 Å². The highest BCUT2D eigenvalue weighted by Gasteiger charge is 2.29. The maximum absolute atomic E-state index is 13.2. The number of phenolic OH excluding ortho intramolecular Hbond substituents is 1. The van der Waals surface area contributed by atoms with E-state index in [1.807, 2.05) is 0 Å². The molecule has 0 spiro atoms. The van der Waals surface area contributed by atoms with Gasteiger partial charge in [-0.25, -0.2) is 4.39 Å². The molecule has 19 heavy (non-hydrogen) atoms. The molecule has 106 valence electrons. The predicted octanol–water partition coefficient (Wildman–Crippen LogP) is 2.28. The van der Waals surface area contributed by atoms with Crippen molar-refractivity contribution in [2.24, 2.45) is 0 Å². The molecule has 2 aliphatic rings. The number of rotatable bonds is 2. The number of fused-ring (bicyclic) bond motifs is 2. The summed E-state index contributed by atoms with van der Waals surface area (Å²) in [5, 5.41) is 13.0. The van der Waals surface area contributed by atoms with Crippen molar-refractivity contribution in [3.63, 3.8) is 0 Å². The average molecular weight is 287 g/mol. The Bertz CT molecular complexity index is 423. The van der Waals surface area contributed by atoms with Gasteiger partial charge in [0.25, 0.3) is 0 Å². The van der Waals surface area contributed by atoms with E-state index in [1.165, 1.54) is 18.9 Å². The van der Waals surface area contributed by atoms with Crippen molar-refractivity contribution in [3.05, 3.63) is 29.6 Å². The summed E-state index contributed by atoms with van der Waals surface area (Å²) < 4.78 is 13.2. The SMILES string of the molecule is Cl.Oc1cc(F)cc(CN2CCC3CCC(C2)N3)c1. The van der Waals surface area contributed by atoms with E-state index in [9.17, 15) is 9.50 Å². The molecular weight excluding hydrogens is 267 g/mol. The fourth-order valence-corrected chi connectivity index (χ4v) is 3.14. The van der Waals surface area contributed by atoms with Gasteiger partial charge in [0, 0.05) is 37.8 Å². The van der Waals surface area contributed by atoms with Crippen LogP contribution in [0.5, 0.6) is 5.75 Å². The lowest BCUT2D eigenvalue weighted by Crippen LogP contribution is -2.34. The number of likely N-dealkylation sites (tertiary alicyclic amines) is 1. The van der Waals surface area contributed by atoms with Gasteiger partial charge >= 0.3 is 0 Å². The van der Waals surface area contributed by atoms with Crippen LogP contribution < -0.4 is 5.32 Å². The van der Waals surface area contributed by atoms with Gasteiger partial charge in [-0.15, -0.1) is 12.4 Å². The lowest BCUT2D eigenvalue weighted by molar-refractivity contribution is 0.250. The van der Waals surface area contributed by atoms with Crippen molar-refractivity contribution < 1.29 is 9.50 Å². The molecule has 1 aromatic carbocycles. The highest BCUT2D eigenvalue weighted by Crippen LogP contribution is 2.22. The van der Waals surface area contributed by atoms with Crippen molar-refractivity contribution in [3.8, 4) is 5.75 Å². The van der Waals surface area contributed by atoms with Crippen LogP contribution in [0.4, 0.5) is 4.39 Å². The van der Waals surface area contributed by atoms with Gasteiger partial charge in [0.05, 0.1) is 0 Å². The fraction of sp³-hybridized carbons (Fsp3) is 0.571. The van der Waals surface area contributed by atoms with E-state index >= 15 is 0 Å². The Kier molecular flexibility index (Phi) is 4.66. The standard InChI is InChI=1S/C14H19FN2O.ClH/c15-11-5-10(6-14(18)7-11)8-17-4-3-12-1-2-13(9-17)16-12;/h5-7,12-13,16,18H,1-4,8-9H2;1H. The highest BCUT2D eigenvalue weighted by molar-refractivity contribution is 5.85. The highest BCUT2D eigenvalue weighted by atomic mass is 35.5. The monoisotopic (exact) mass is 286 g/mol. The Balaban J connectivity index is 0.00000133. The zero-order chi connectivity index (χ0) is 12.5. The van der Waals surface area contributed by atoms with Crippen molar-refractivity contribution in [1.82, 2.24) is 10.2 Å². The third-order valence-corrected chi connectivity index (χ3v) is 3.96. The first-order valence-electron chi connectivity index (χ1n) is 6.66. The quantitative estimate of drug-likeness (QED) is 0.876.